The fraction of sp³-hybridized carbons (Fsp3) is 0.519. The number of benzene rings is 2. The molecule has 0 bridgehead atoms. The Morgan fingerprint density at radius 3 is 2.53 bits per heavy atom. The van der Waals surface area contributed by atoms with Crippen LogP contribution in [0.25, 0.3) is 0 Å². The number of ether oxygens (including phenoxy) is 1. The summed E-state index contributed by atoms with van der Waals surface area (Å²) < 4.78 is 6.25. The number of fused-ring (bicyclic) bond motifs is 1. The minimum absolute atomic E-state index is 0.103. The van der Waals surface area contributed by atoms with Crippen LogP contribution < -0.4 is 10.1 Å². The van der Waals surface area contributed by atoms with Crippen LogP contribution in [0.4, 0.5) is 0 Å². The maximum atomic E-state index is 13.0. The molecule has 1 saturated carbocycles. The Morgan fingerprint density at radius 2 is 1.84 bits per heavy atom. The average Bonchev–Trinajstić information content (AvgIpc) is 3.51. The van der Waals surface area contributed by atoms with Crippen LogP contribution in [0, 0.1) is 5.92 Å². The molecule has 0 atom stereocenters. The second kappa shape index (κ2) is 8.39. The van der Waals surface area contributed by atoms with Crippen molar-refractivity contribution in [2.75, 3.05) is 19.6 Å². The molecule has 0 unspecified atom stereocenters. The molecule has 2 aromatic carbocycles. The van der Waals surface area contributed by atoms with Crippen LogP contribution in [0.15, 0.2) is 42.5 Å². The van der Waals surface area contributed by atoms with Gasteiger partial charge in [0.05, 0.1) is 5.41 Å². The van der Waals surface area contributed by atoms with Crippen LogP contribution in [0.2, 0.25) is 5.02 Å². The van der Waals surface area contributed by atoms with Crippen molar-refractivity contribution in [3.63, 3.8) is 0 Å². The Labute approximate surface area is 196 Å². The number of piperidine rings is 1. The van der Waals surface area contributed by atoms with E-state index in [9.17, 15) is 4.79 Å². The average molecular weight is 453 g/mol. The third-order valence-corrected chi connectivity index (χ3v) is 7.66. The van der Waals surface area contributed by atoms with Crippen LogP contribution in [0.5, 0.6) is 5.75 Å². The number of likely N-dealkylation sites (tertiary alicyclic amines) is 1. The summed E-state index contributed by atoms with van der Waals surface area (Å²) in [6.07, 6.45) is 5.08. The van der Waals surface area contributed by atoms with Gasteiger partial charge in [0.2, 0.25) is 5.91 Å². The SMILES string of the molecule is CC1(C)Cc2cccc(CN3CCC(CNC(=O)C4(c5ccc(Cl)cc5)CC4)CC3)c2O1. The van der Waals surface area contributed by atoms with Gasteiger partial charge < -0.3 is 10.1 Å². The molecule has 2 fully saturated rings. The van der Waals surface area contributed by atoms with Gasteiger partial charge in [-0.15, -0.1) is 0 Å². The second-order valence-corrected chi connectivity index (χ2v) is 10.9. The normalized spacial score (nSPS) is 21.6. The van der Waals surface area contributed by atoms with Crippen molar-refractivity contribution in [2.24, 2.45) is 5.92 Å². The molecule has 1 aliphatic carbocycles. The first-order valence-electron chi connectivity index (χ1n) is 11.9. The molecule has 5 rings (SSSR count). The lowest BCUT2D eigenvalue weighted by Gasteiger charge is -2.32. The van der Waals surface area contributed by atoms with E-state index in [4.69, 9.17) is 16.3 Å². The highest BCUT2D eigenvalue weighted by molar-refractivity contribution is 6.30. The molecule has 2 aliphatic heterocycles. The molecular formula is C27H33ClN2O2. The number of rotatable bonds is 6. The van der Waals surface area contributed by atoms with E-state index in [0.717, 1.165) is 69.6 Å². The predicted molar refractivity (Wildman–Crippen MR) is 128 cm³/mol. The Balaban J connectivity index is 1.11. The summed E-state index contributed by atoms with van der Waals surface area (Å²) in [7, 11) is 0. The minimum Gasteiger partial charge on any atom is -0.487 e. The molecule has 2 aromatic rings. The number of hydrogen-bond acceptors (Lipinski definition) is 3. The van der Waals surface area contributed by atoms with Gasteiger partial charge in [0.25, 0.3) is 0 Å². The number of carbonyl (C=O) groups is 1. The van der Waals surface area contributed by atoms with Crippen molar-refractivity contribution in [2.45, 2.75) is 63.5 Å². The van der Waals surface area contributed by atoms with Gasteiger partial charge in [-0.3, -0.25) is 9.69 Å². The number of carbonyl (C=O) groups excluding carboxylic acids is 1. The molecule has 0 aromatic heterocycles. The summed E-state index contributed by atoms with van der Waals surface area (Å²) in [4.78, 5) is 15.5. The fourth-order valence-corrected chi connectivity index (χ4v) is 5.47. The summed E-state index contributed by atoms with van der Waals surface area (Å²) in [6.45, 7) is 8.18. The van der Waals surface area contributed by atoms with E-state index >= 15 is 0 Å². The van der Waals surface area contributed by atoms with E-state index in [2.05, 4.69) is 42.3 Å². The van der Waals surface area contributed by atoms with Gasteiger partial charge in [0, 0.05) is 30.1 Å². The summed E-state index contributed by atoms with van der Waals surface area (Å²) in [5.41, 5.74) is 3.30. The van der Waals surface area contributed by atoms with E-state index in [-0.39, 0.29) is 16.9 Å². The van der Waals surface area contributed by atoms with E-state index < -0.39 is 0 Å². The first-order valence-corrected chi connectivity index (χ1v) is 12.3. The van der Waals surface area contributed by atoms with Crippen LogP contribution in [-0.4, -0.2) is 36.0 Å². The number of para-hydroxylation sites is 1. The molecule has 5 heteroatoms. The molecule has 1 saturated heterocycles. The Hall–Kier alpha value is -2.04. The van der Waals surface area contributed by atoms with Crippen molar-refractivity contribution in [3.8, 4) is 5.75 Å². The van der Waals surface area contributed by atoms with E-state index in [1.54, 1.807) is 0 Å². The number of nitrogens with zero attached hydrogens (tertiary/aromatic N) is 1. The van der Waals surface area contributed by atoms with Gasteiger partial charge in [-0.05, 0) is 81.8 Å². The summed E-state index contributed by atoms with van der Waals surface area (Å²) in [5, 5.41) is 3.98. The Bertz CT molecular complexity index is 989. The molecule has 32 heavy (non-hydrogen) atoms. The summed E-state index contributed by atoms with van der Waals surface area (Å²) in [6, 6.07) is 14.3. The zero-order valence-electron chi connectivity index (χ0n) is 19.1. The van der Waals surface area contributed by atoms with Crippen LogP contribution in [0.3, 0.4) is 0 Å². The lowest BCUT2D eigenvalue weighted by molar-refractivity contribution is -0.123. The quantitative estimate of drug-likeness (QED) is 0.661. The number of hydrogen-bond donors (Lipinski definition) is 1. The molecule has 4 nitrogen and oxygen atoms in total. The zero-order valence-corrected chi connectivity index (χ0v) is 19.9. The van der Waals surface area contributed by atoms with Crippen molar-refractivity contribution in [1.29, 1.82) is 0 Å². The largest absolute Gasteiger partial charge is 0.487 e. The third kappa shape index (κ3) is 4.40. The van der Waals surface area contributed by atoms with Gasteiger partial charge in [0.15, 0.2) is 0 Å². The second-order valence-electron chi connectivity index (χ2n) is 10.5. The topological polar surface area (TPSA) is 41.6 Å². The third-order valence-electron chi connectivity index (χ3n) is 7.41. The number of halogens is 1. The van der Waals surface area contributed by atoms with Crippen LogP contribution in [-0.2, 0) is 23.2 Å². The highest BCUT2D eigenvalue weighted by Crippen LogP contribution is 2.48. The number of amides is 1. The fourth-order valence-electron chi connectivity index (χ4n) is 5.34. The lowest BCUT2D eigenvalue weighted by Crippen LogP contribution is -2.41. The van der Waals surface area contributed by atoms with Crippen LogP contribution in [0.1, 0.15) is 56.2 Å². The van der Waals surface area contributed by atoms with Gasteiger partial charge in [-0.2, -0.15) is 0 Å². The standard InChI is InChI=1S/C27H33ClN2O2/c1-26(2)16-20-4-3-5-21(24(20)32-26)18-30-14-10-19(11-15-30)17-29-25(31)27(12-13-27)22-6-8-23(28)9-7-22/h3-9,19H,10-18H2,1-2H3,(H,29,31). The number of nitrogens with one attached hydrogen (secondary N) is 1. The lowest BCUT2D eigenvalue weighted by atomic mass is 9.93. The van der Waals surface area contributed by atoms with Crippen molar-refractivity contribution >= 4 is 17.5 Å². The van der Waals surface area contributed by atoms with Gasteiger partial charge >= 0.3 is 0 Å². The van der Waals surface area contributed by atoms with Crippen molar-refractivity contribution < 1.29 is 9.53 Å². The van der Waals surface area contributed by atoms with Gasteiger partial charge in [-0.1, -0.05) is 41.9 Å². The summed E-state index contributed by atoms with van der Waals surface area (Å²) >= 11 is 6.02. The van der Waals surface area contributed by atoms with Gasteiger partial charge in [0.1, 0.15) is 11.4 Å². The molecule has 170 valence electrons. The van der Waals surface area contributed by atoms with E-state index in [1.165, 1.54) is 11.1 Å². The molecule has 0 spiro atoms. The molecule has 1 N–H and O–H groups in total. The highest BCUT2D eigenvalue weighted by atomic mass is 35.5. The maximum absolute atomic E-state index is 13.0. The van der Waals surface area contributed by atoms with Gasteiger partial charge in [-0.25, -0.2) is 0 Å². The first kappa shape index (κ1) is 21.8. The molecule has 1 amide bonds. The monoisotopic (exact) mass is 452 g/mol. The first-order chi connectivity index (χ1) is 15.3. The van der Waals surface area contributed by atoms with E-state index in [0.29, 0.717) is 10.9 Å². The summed E-state index contributed by atoms with van der Waals surface area (Å²) in [5.74, 6) is 1.83. The van der Waals surface area contributed by atoms with Crippen LogP contribution >= 0.6 is 11.6 Å². The van der Waals surface area contributed by atoms with E-state index in [1.807, 2.05) is 24.3 Å². The highest BCUT2D eigenvalue weighted by Gasteiger charge is 2.51. The molecule has 2 heterocycles. The molecule has 0 radical (unpaired) electrons. The predicted octanol–water partition coefficient (Wildman–Crippen LogP) is 5.11. The van der Waals surface area contributed by atoms with Crippen molar-refractivity contribution in [1.82, 2.24) is 10.2 Å². The molecular weight excluding hydrogens is 420 g/mol. The molecule has 3 aliphatic rings. The maximum Gasteiger partial charge on any atom is 0.230 e. The Morgan fingerprint density at radius 1 is 1.12 bits per heavy atom. The van der Waals surface area contributed by atoms with Crippen molar-refractivity contribution in [3.05, 3.63) is 64.2 Å². The zero-order chi connectivity index (χ0) is 22.3. The smallest absolute Gasteiger partial charge is 0.230 e. The minimum atomic E-state index is -0.327. The Kier molecular flexibility index (Phi) is 5.71.